The van der Waals surface area contributed by atoms with Gasteiger partial charge in [-0.1, -0.05) is 15.9 Å². The third kappa shape index (κ3) is 2.04. The molecule has 11 heavy (non-hydrogen) atoms. The van der Waals surface area contributed by atoms with Gasteiger partial charge in [-0.05, 0) is 22.0 Å². The van der Waals surface area contributed by atoms with Crippen LogP contribution in [0.2, 0.25) is 0 Å². The Morgan fingerprint density at radius 1 is 1.82 bits per heavy atom. The van der Waals surface area contributed by atoms with E-state index in [0.29, 0.717) is 5.33 Å². The van der Waals surface area contributed by atoms with Crippen LogP contribution in [0.5, 0.6) is 0 Å². The lowest BCUT2D eigenvalue weighted by Gasteiger charge is -2.05. The number of aliphatic hydroxyl groups is 1. The van der Waals surface area contributed by atoms with E-state index in [1.807, 2.05) is 0 Å². The van der Waals surface area contributed by atoms with E-state index in [1.54, 1.807) is 17.8 Å². The number of aromatic nitrogens is 2. The molecule has 5 heteroatoms. The van der Waals surface area contributed by atoms with Crippen LogP contribution in [0.4, 0.5) is 0 Å². The highest BCUT2D eigenvalue weighted by atomic mass is 79.9. The van der Waals surface area contributed by atoms with E-state index < -0.39 is 6.10 Å². The van der Waals surface area contributed by atoms with E-state index in [4.69, 9.17) is 0 Å². The van der Waals surface area contributed by atoms with Crippen LogP contribution in [0, 0.1) is 0 Å². The standard InChI is InChI=1S/C6H8Br2N2O/c1-10-4(5(11)3-7)2-6(8)9-10/h2,5,11H,3H2,1H3. The van der Waals surface area contributed by atoms with Gasteiger partial charge in [-0.3, -0.25) is 4.68 Å². The van der Waals surface area contributed by atoms with Crippen molar-refractivity contribution in [3.8, 4) is 0 Å². The Morgan fingerprint density at radius 2 is 2.45 bits per heavy atom. The third-order valence-electron chi connectivity index (χ3n) is 1.37. The van der Waals surface area contributed by atoms with Crippen molar-refractivity contribution in [3.63, 3.8) is 0 Å². The van der Waals surface area contributed by atoms with Crippen molar-refractivity contribution in [2.24, 2.45) is 7.05 Å². The monoisotopic (exact) mass is 282 g/mol. The first-order chi connectivity index (χ1) is 5.15. The molecule has 1 aromatic heterocycles. The van der Waals surface area contributed by atoms with E-state index in [2.05, 4.69) is 37.0 Å². The molecule has 0 saturated carbocycles. The van der Waals surface area contributed by atoms with Crippen molar-refractivity contribution in [1.29, 1.82) is 0 Å². The summed E-state index contributed by atoms with van der Waals surface area (Å²) >= 11 is 6.41. The van der Waals surface area contributed by atoms with Crippen molar-refractivity contribution < 1.29 is 5.11 Å². The van der Waals surface area contributed by atoms with Crippen molar-refractivity contribution >= 4 is 31.9 Å². The number of rotatable bonds is 2. The summed E-state index contributed by atoms with van der Waals surface area (Å²) in [5.41, 5.74) is 0.800. The number of hydrogen-bond donors (Lipinski definition) is 1. The lowest BCUT2D eigenvalue weighted by molar-refractivity contribution is 0.195. The second-order valence-electron chi connectivity index (χ2n) is 2.19. The smallest absolute Gasteiger partial charge is 0.128 e. The zero-order chi connectivity index (χ0) is 8.43. The van der Waals surface area contributed by atoms with Gasteiger partial charge in [0.25, 0.3) is 0 Å². The van der Waals surface area contributed by atoms with Crippen LogP contribution in [0.15, 0.2) is 10.7 Å². The van der Waals surface area contributed by atoms with Gasteiger partial charge in [0.05, 0.1) is 5.69 Å². The van der Waals surface area contributed by atoms with Gasteiger partial charge in [-0.25, -0.2) is 0 Å². The molecule has 0 aliphatic carbocycles. The summed E-state index contributed by atoms with van der Waals surface area (Å²) in [6, 6.07) is 1.80. The number of aliphatic hydroxyl groups excluding tert-OH is 1. The SMILES string of the molecule is Cn1nc(Br)cc1C(O)CBr. The fourth-order valence-corrected chi connectivity index (χ4v) is 1.64. The zero-order valence-electron chi connectivity index (χ0n) is 5.96. The lowest BCUT2D eigenvalue weighted by Crippen LogP contribution is -2.05. The lowest BCUT2D eigenvalue weighted by atomic mass is 10.3. The summed E-state index contributed by atoms with van der Waals surface area (Å²) in [4.78, 5) is 0. The Bertz CT molecular complexity index is 249. The first-order valence-electron chi connectivity index (χ1n) is 3.08. The first kappa shape index (κ1) is 9.22. The fourth-order valence-electron chi connectivity index (χ4n) is 0.836. The second kappa shape index (κ2) is 3.69. The van der Waals surface area contributed by atoms with Gasteiger partial charge in [0.1, 0.15) is 10.7 Å². The van der Waals surface area contributed by atoms with Crippen molar-refractivity contribution in [3.05, 3.63) is 16.4 Å². The van der Waals surface area contributed by atoms with E-state index in [-0.39, 0.29) is 0 Å². The predicted molar refractivity (Wildman–Crippen MR) is 49.7 cm³/mol. The molecule has 0 fully saturated rings. The molecule has 1 rings (SSSR count). The molecular weight excluding hydrogens is 276 g/mol. The maximum Gasteiger partial charge on any atom is 0.128 e. The molecule has 0 aliphatic rings. The topological polar surface area (TPSA) is 38.0 Å². The fraction of sp³-hybridized carbons (Fsp3) is 0.500. The summed E-state index contributed by atoms with van der Waals surface area (Å²) in [6.07, 6.45) is -0.487. The Hall–Kier alpha value is 0.130. The van der Waals surface area contributed by atoms with Crippen molar-refractivity contribution in [2.75, 3.05) is 5.33 Å². The molecule has 0 spiro atoms. The van der Waals surface area contributed by atoms with E-state index in [9.17, 15) is 5.11 Å². The normalized spacial score (nSPS) is 13.5. The molecule has 0 bridgehead atoms. The molecular formula is C6H8Br2N2O. The number of halogens is 2. The average molecular weight is 284 g/mol. The average Bonchev–Trinajstić information content (AvgIpc) is 2.28. The summed E-state index contributed by atoms with van der Waals surface area (Å²) in [5, 5.41) is 14.0. The van der Waals surface area contributed by atoms with Gasteiger partial charge < -0.3 is 5.11 Å². The third-order valence-corrected chi connectivity index (χ3v) is 2.37. The predicted octanol–water partition coefficient (Wildman–Crippen LogP) is 1.61. The van der Waals surface area contributed by atoms with Crippen molar-refractivity contribution in [1.82, 2.24) is 9.78 Å². The summed E-state index contributed by atoms with van der Waals surface area (Å²) in [6.45, 7) is 0. The van der Waals surface area contributed by atoms with Crippen LogP contribution in [0.1, 0.15) is 11.8 Å². The van der Waals surface area contributed by atoms with Gasteiger partial charge in [-0.15, -0.1) is 0 Å². The largest absolute Gasteiger partial charge is 0.386 e. The minimum absolute atomic E-state index is 0.487. The zero-order valence-corrected chi connectivity index (χ0v) is 9.13. The molecule has 1 aromatic rings. The van der Waals surface area contributed by atoms with E-state index in [0.717, 1.165) is 10.3 Å². The number of aryl methyl sites for hydroxylation is 1. The van der Waals surface area contributed by atoms with Gasteiger partial charge in [0.2, 0.25) is 0 Å². The maximum absolute atomic E-state index is 9.39. The van der Waals surface area contributed by atoms with E-state index in [1.165, 1.54) is 0 Å². The Labute approximate surface area is 81.7 Å². The number of hydrogen-bond acceptors (Lipinski definition) is 2. The maximum atomic E-state index is 9.39. The van der Waals surface area contributed by atoms with Gasteiger partial charge in [0, 0.05) is 12.4 Å². The van der Waals surface area contributed by atoms with Gasteiger partial charge in [0.15, 0.2) is 0 Å². The van der Waals surface area contributed by atoms with Crippen LogP contribution < -0.4 is 0 Å². The summed E-state index contributed by atoms with van der Waals surface area (Å²) in [7, 11) is 1.80. The summed E-state index contributed by atoms with van der Waals surface area (Å²) < 4.78 is 2.39. The van der Waals surface area contributed by atoms with Gasteiger partial charge in [-0.2, -0.15) is 5.10 Å². The highest BCUT2D eigenvalue weighted by Crippen LogP contribution is 2.18. The molecule has 0 saturated heterocycles. The Kier molecular flexibility index (Phi) is 3.09. The molecule has 1 unspecified atom stereocenters. The molecule has 0 aromatic carbocycles. The molecule has 1 N–H and O–H groups in total. The van der Waals surface area contributed by atoms with Crippen LogP contribution in [0.3, 0.4) is 0 Å². The highest BCUT2D eigenvalue weighted by molar-refractivity contribution is 9.10. The summed E-state index contributed by atoms with van der Waals surface area (Å²) in [5.74, 6) is 0. The Balaban J connectivity index is 2.93. The van der Waals surface area contributed by atoms with Crippen LogP contribution in [-0.4, -0.2) is 20.2 Å². The van der Waals surface area contributed by atoms with Crippen LogP contribution >= 0.6 is 31.9 Å². The van der Waals surface area contributed by atoms with E-state index >= 15 is 0 Å². The van der Waals surface area contributed by atoms with Crippen LogP contribution in [0.25, 0.3) is 0 Å². The highest BCUT2D eigenvalue weighted by Gasteiger charge is 2.11. The Morgan fingerprint density at radius 3 is 2.82 bits per heavy atom. The minimum Gasteiger partial charge on any atom is -0.386 e. The van der Waals surface area contributed by atoms with Crippen LogP contribution in [-0.2, 0) is 7.05 Å². The number of nitrogens with zero attached hydrogens (tertiary/aromatic N) is 2. The quantitative estimate of drug-likeness (QED) is 0.838. The second-order valence-corrected chi connectivity index (χ2v) is 3.65. The first-order valence-corrected chi connectivity index (χ1v) is 5.00. The molecule has 1 heterocycles. The number of alkyl halides is 1. The molecule has 1 atom stereocenters. The van der Waals surface area contributed by atoms with Crippen molar-refractivity contribution in [2.45, 2.75) is 6.10 Å². The molecule has 62 valence electrons. The molecule has 3 nitrogen and oxygen atoms in total. The van der Waals surface area contributed by atoms with Gasteiger partial charge >= 0.3 is 0 Å². The molecule has 0 amide bonds. The molecule has 0 radical (unpaired) electrons. The molecule has 0 aliphatic heterocycles. The minimum atomic E-state index is -0.487.